The smallest absolute Gasteiger partial charge is 0.227 e. The third-order valence-corrected chi connectivity index (χ3v) is 3.15. The monoisotopic (exact) mass is 287 g/mol. The molecule has 5 heteroatoms. The molecule has 2 N–H and O–H groups in total. The third kappa shape index (κ3) is 4.63. The number of rotatable bonds is 6. The van der Waals surface area contributed by atoms with Crippen molar-refractivity contribution in [2.75, 3.05) is 17.2 Å². The standard InChI is InChI=1S/C16H21N3O2/c1-11(2)13-4-6-14(7-5-13)17-9-8-16(20)18-15-10-12(3)21-19-15/h4-7,10-11,17H,8-9H2,1-3H3,(H,18,19,20). The summed E-state index contributed by atoms with van der Waals surface area (Å²) in [6, 6.07) is 9.97. The molecule has 21 heavy (non-hydrogen) atoms. The number of hydrogen-bond acceptors (Lipinski definition) is 4. The molecule has 1 aromatic heterocycles. The van der Waals surface area contributed by atoms with Crippen LogP contribution < -0.4 is 10.6 Å². The molecule has 0 fully saturated rings. The SMILES string of the molecule is Cc1cc(NC(=O)CCNc2ccc(C(C)C)cc2)no1. The van der Waals surface area contributed by atoms with Gasteiger partial charge in [0.1, 0.15) is 5.76 Å². The fourth-order valence-electron chi connectivity index (χ4n) is 1.94. The molecular formula is C16H21N3O2. The maximum atomic E-state index is 11.7. The number of aryl methyl sites for hydroxylation is 1. The van der Waals surface area contributed by atoms with E-state index in [1.165, 1.54) is 5.56 Å². The normalized spacial score (nSPS) is 10.7. The predicted octanol–water partition coefficient (Wildman–Crippen LogP) is 3.55. The summed E-state index contributed by atoms with van der Waals surface area (Å²) in [6.45, 7) is 6.69. The molecule has 0 aliphatic heterocycles. The molecule has 1 amide bonds. The number of nitrogens with one attached hydrogen (secondary N) is 2. The molecule has 0 aliphatic carbocycles. The van der Waals surface area contributed by atoms with Crippen LogP contribution in [0, 0.1) is 6.92 Å². The molecule has 2 rings (SSSR count). The van der Waals surface area contributed by atoms with Crippen LogP contribution in [0.2, 0.25) is 0 Å². The van der Waals surface area contributed by atoms with E-state index in [9.17, 15) is 4.79 Å². The van der Waals surface area contributed by atoms with Crippen molar-refractivity contribution >= 4 is 17.4 Å². The number of carbonyl (C=O) groups is 1. The summed E-state index contributed by atoms with van der Waals surface area (Å²) in [5.74, 6) is 1.57. The predicted molar refractivity (Wildman–Crippen MR) is 83.5 cm³/mol. The van der Waals surface area contributed by atoms with Gasteiger partial charge >= 0.3 is 0 Å². The second kappa shape index (κ2) is 6.92. The first-order valence-electron chi connectivity index (χ1n) is 7.11. The molecule has 0 saturated carbocycles. The molecular weight excluding hydrogens is 266 g/mol. The molecule has 1 heterocycles. The minimum absolute atomic E-state index is 0.0883. The number of hydrogen-bond donors (Lipinski definition) is 2. The van der Waals surface area contributed by atoms with Crippen molar-refractivity contribution in [1.82, 2.24) is 5.16 Å². The molecule has 0 aliphatic rings. The molecule has 2 aromatic rings. The summed E-state index contributed by atoms with van der Waals surface area (Å²) in [7, 11) is 0. The van der Waals surface area contributed by atoms with E-state index >= 15 is 0 Å². The average Bonchev–Trinajstić information content (AvgIpc) is 2.84. The molecule has 0 saturated heterocycles. The van der Waals surface area contributed by atoms with E-state index in [-0.39, 0.29) is 5.91 Å². The van der Waals surface area contributed by atoms with Gasteiger partial charge in [-0.2, -0.15) is 0 Å². The number of amides is 1. The largest absolute Gasteiger partial charge is 0.385 e. The van der Waals surface area contributed by atoms with Gasteiger partial charge in [0.15, 0.2) is 5.82 Å². The molecule has 0 unspecified atom stereocenters. The topological polar surface area (TPSA) is 67.2 Å². The Hall–Kier alpha value is -2.30. The average molecular weight is 287 g/mol. The Kier molecular flexibility index (Phi) is 4.98. The lowest BCUT2D eigenvalue weighted by Crippen LogP contribution is -2.16. The summed E-state index contributed by atoms with van der Waals surface area (Å²) < 4.78 is 4.89. The Morgan fingerprint density at radius 2 is 2.00 bits per heavy atom. The van der Waals surface area contributed by atoms with E-state index in [4.69, 9.17) is 4.52 Å². The molecule has 0 radical (unpaired) electrons. The number of aromatic nitrogens is 1. The summed E-state index contributed by atoms with van der Waals surface area (Å²) in [5.41, 5.74) is 2.32. The Morgan fingerprint density at radius 1 is 1.29 bits per heavy atom. The molecule has 5 nitrogen and oxygen atoms in total. The van der Waals surface area contributed by atoms with Crippen LogP contribution in [0.5, 0.6) is 0 Å². The van der Waals surface area contributed by atoms with Crippen molar-refractivity contribution < 1.29 is 9.32 Å². The number of benzene rings is 1. The first kappa shape index (κ1) is 15.1. The highest BCUT2D eigenvalue weighted by atomic mass is 16.5. The van der Waals surface area contributed by atoms with Gasteiger partial charge in [-0.15, -0.1) is 0 Å². The van der Waals surface area contributed by atoms with E-state index in [0.717, 1.165) is 5.69 Å². The van der Waals surface area contributed by atoms with Crippen LogP contribution >= 0.6 is 0 Å². The van der Waals surface area contributed by atoms with Gasteiger partial charge in [0.2, 0.25) is 5.91 Å². The van der Waals surface area contributed by atoms with Crippen LogP contribution in [0.4, 0.5) is 11.5 Å². The molecule has 0 atom stereocenters. The molecule has 0 bridgehead atoms. The van der Waals surface area contributed by atoms with Crippen molar-refractivity contribution in [3.05, 3.63) is 41.7 Å². The van der Waals surface area contributed by atoms with Crippen LogP contribution in [-0.2, 0) is 4.79 Å². The highest BCUT2D eigenvalue weighted by Gasteiger charge is 2.06. The Labute approximate surface area is 124 Å². The number of anilines is 2. The minimum Gasteiger partial charge on any atom is -0.385 e. The van der Waals surface area contributed by atoms with E-state index in [2.05, 4.69) is 41.8 Å². The van der Waals surface area contributed by atoms with Crippen LogP contribution in [-0.4, -0.2) is 17.6 Å². The van der Waals surface area contributed by atoms with E-state index in [1.54, 1.807) is 13.0 Å². The van der Waals surface area contributed by atoms with Crippen LogP contribution in [0.15, 0.2) is 34.9 Å². The fraction of sp³-hybridized carbons (Fsp3) is 0.375. The van der Waals surface area contributed by atoms with Gasteiger partial charge in [-0.3, -0.25) is 4.79 Å². The van der Waals surface area contributed by atoms with Crippen molar-refractivity contribution in [2.45, 2.75) is 33.1 Å². The van der Waals surface area contributed by atoms with Gasteiger partial charge < -0.3 is 15.2 Å². The van der Waals surface area contributed by atoms with Gasteiger partial charge in [0.05, 0.1) is 0 Å². The van der Waals surface area contributed by atoms with E-state index in [0.29, 0.717) is 30.5 Å². The summed E-state index contributed by atoms with van der Waals surface area (Å²) in [6.07, 6.45) is 0.373. The van der Waals surface area contributed by atoms with Crippen LogP contribution in [0.25, 0.3) is 0 Å². The quantitative estimate of drug-likeness (QED) is 0.852. The molecule has 0 spiro atoms. The lowest BCUT2D eigenvalue weighted by Gasteiger charge is -2.09. The lowest BCUT2D eigenvalue weighted by atomic mass is 10.0. The second-order valence-electron chi connectivity index (χ2n) is 5.32. The Bertz CT molecular complexity index is 588. The Morgan fingerprint density at radius 3 is 2.57 bits per heavy atom. The first-order chi connectivity index (χ1) is 10.0. The zero-order valence-corrected chi connectivity index (χ0v) is 12.6. The third-order valence-electron chi connectivity index (χ3n) is 3.15. The maximum Gasteiger partial charge on any atom is 0.227 e. The van der Waals surface area contributed by atoms with E-state index < -0.39 is 0 Å². The highest BCUT2D eigenvalue weighted by Crippen LogP contribution is 2.17. The second-order valence-corrected chi connectivity index (χ2v) is 5.32. The minimum atomic E-state index is -0.0883. The van der Waals surface area contributed by atoms with Crippen molar-refractivity contribution in [2.24, 2.45) is 0 Å². The van der Waals surface area contributed by atoms with Crippen molar-refractivity contribution in [3.63, 3.8) is 0 Å². The van der Waals surface area contributed by atoms with E-state index in [1.807, 2.05) is 12.1 Å². The summed E-state index contributed by atoms with van der Waals surface area (Å²) in [5, 5.41) is 9.64. The summed E-state index contributed by atoms with van der Waals surface area (Å²) >= 11 is 0. The molecule has 112 valence electrons. The van der Waals surface area contributed by atoms with Gasteiger partial charge in [-0.25, -0.2) is 0 Å². The summed E-state index contributed by atoms with van der Waals surface area (Å²) in [4.78, 5) is 11.7. The Balaban J connectivity index is 1.74. The zero-order chi connectivity index (χ0) is 15.2. The first-order valence-corrected chi connectivity index (χ1v) is 7.11. The maximum absolute atomic E-state index is 11.7. The lowest BCUT2D eigenvalue weighted by molar-refractivity contribution is -0.116. The number of nitrogens with zero attached hydrogens (tertiary/aromatic N) is 1. The van der Waals surface area contributed by atoms with Gasteiger partial charge in [0.25, 0.3) is 0 Å². The van der Waals surface area contributed by atoms with Gasteiger partial charge in [-0.1, -0.05) is 31.1 Å². The van der Waals surface area contributed by atoms with Crippen molar-refractivity contribution in [3.8, 4) is 0 Å². The van der Waals surface area contributed by atoms with Gasteiger partial charge in [-0.05, 0) is 30.5 Å². The van der Waals surface area contributed by atoms with Crippen LogP contribution in [0.1, 0.15) is 37.5 Å². The number of carbonyl (C=O) groups excluding carboxylic acids is 1. The molecule has 1 aromatic carbocycles. The van der Waals surface area contributed by atoms with Crippen molar-refractivity contribution in [1.29, 1.82) is 0 Å². The van der Waals surface area contributed by atoms with Crippen LogP contribution in [0.3, 0.4) is 0 Å². The zero-order valence-electron chi connectivity index (χ0n) is 12.6. The highest BCUT2D eigenvalue weighted by molar-refractivity contribution is 5.89. The fourth-order valence-corrected chi connectivity index (χ4v) is 1.94. The van der Waals surface area contributed by atoms with Gasteiger partial charge in [0, 0.05) is 24.7 Å².